The number of carbonyl (C=O) groups excluding carboxylic acids is 2. The van der Waals surface area contributed by atoms with Crippen LogP contribution in [0, 0.1) is 6.92 Å². The van der Waals surface area contributed by atoms with E-state index in [0.717, 1.165) is 27.8 Å². The van der Waals surface area contributed by atoms with Crippen LogP contribution in [0.25, 0.3) is 5.76 Å². The lowest BCUT2D eigenvalue weighted by atomic mass is 9.99. The molecule has 1 aromatic heterocycles. The first kappa shape index (κ1) is 19.4. The Bertz CT molecular complexity index is 947. The molecular weight excluding hydrogens is 442 g/mol. The van der Waals surface area contributed by atoms with E-state index < -0.39 is 17.7 Å². The van der Waals surface area contributed by atoms with Gasteiger partial charge < -0.3 is 14.7 Å². The Balaban J connectivity index is 1.80. The minimum Gasteiger partial charge on any atom is -0.507 e. The molecule has 7 heteroatoms. The van der Waals surface area contributed by atoms with Crippen LogP contribution < -0.4 is 0 Å². The van der Waals surface area contributed by atoms with Crippen LogP contribution >= 0.6 is 27.3 Å². The molecule has 0 saturated carbocycles. The van der Waals surface area contributed by atoms with E-state index >= 15 is 0 Å². The van der Waals surface area contributed by atoms with Gasteiger partial charge in [0.25, 0.3) is 11.7 Å². The first-order valence-electron chi connectivity index (χ1n) is 9.17. The van der Waals surface area contributed by atoms with Crippen LogP contribution in [0.15, 0.2) is 45.8 Å². The van der Waals surface area contributed by atoms with Gasteiger partial charge in [-0.1, -0.05) is 28.1 Å². The molecule has 0 bridgehead atoms. The minimum atomic E-state index is -0.644. The number of carbonyl (C=O) groups is 2. The van der Waals surface area contributed by atoms with Gasteiger partial charge in [-0.15, -0.1) is 11.3 Å². The lowest BCUT2D eigenvalue weighted by molar-refractivity contribution is -0.140. The van der Waals surface area contributed by atoms with E-state index in [1.54, 1.807) is 17.0 Å². The van der Waals surface area contributed by atoms with Crippen LogP contribution in [0.2, 0.25) is 0 Å². The molecule has 0 aliphatic carbocycles. The van der Waals surface area contributed by atoms with Gasteiger partial charge >= 0.3 is 0 Å². The number of hydrogen-bond donors (Lipinski definition) is 1. The number of Topliss-reactive ketones (excluding diaryl/α,β-unsaturated/α-hetero) is 1. The summed E-state index contributed by atoms with van der Waals surface area (Å²) in [4.78, 5) is 28.2. The fourth-order valence-electron chi connectivity index (χ4n) is 3.77. The molecule has 2 atom stereocenters. The smallest absolute Gasteiger partial charge is 0.295 e. The van der Waals surface area contributed by atoms with Crippen molar-refractivity contribution in [3.63, 3.8) is 0 Å². The number of hydrogen-bond acceptors (Lipinski definition) is 5. The predicted molar refractivity (Wildman–Crippen MR) is 111 cm³/mol. The van der Waals surface area contributed by atoms with Crippen LogP contribution in [-0.4, -0.2) is 41.0 Å². The number of aliphatic hydroxyl groups excluding tert-OH is 1. The number of amides is 1. The van der Waals surface area contributed by atoms with Gasteiger partial charge in [0.1, 0.15) is 5.76 Å². The zero-order chi connectivity index (χ0) is 19.8. The van der Waals surface area contributed by atoms with Crippen molar-refractivity contribution in [2.45, 2.75) is 31.9 Å². The molecule has 4 rings (SSSR count). The quantitative estimate of drug-likeness (QED) is 0.415. The highest BCUT2D eigenvalue weighted by molar-refractivity contribution is 9.10. The number of thiophene rings is 1. The van der Waals surface area contributed by atoms with Crippen molar-refractivity contribution in [1.29, 1.82) is 0 Å². The zero-order valence-electron chi connectivity index (χ0n) is 15.4. The number of aliphatic hydroxyl groups is 1. The normalized spacial score (nSPS) is 24.3. The van der Waals surface area contributed by atoms with Gasteiger partial charge in [0.15, 0.2) is 0 Å². The molecule has 2 fully saturated rings. The molecule has 1 aromatic carbocycles. The summed E-state index contributed by atoms with van der Waals surface area (Å²) in [7, 11) is 0. The average molecular weight is 462 g/mol. The van der Waals surface area contributed by atoms with E-state index in [2.05, 4.69) is 15.9 Å². The van der Waals surface area contributed by atoms with E-state index in [0.29, 0.717) is 18.7 Å². The molecule has 28 heavy (non-hydrogen) atoms. The van der Waals surface area contributed by atoms with E-state index in [1.807, 2.05) is 30.5 Å². The molecule has 0 spiro atoms. The van der Waals surface area contributed by atoms with Crippen molar-refractivity contribution >= 4 is 44.7 Å². The van der Waals surface area contributed by atoms with Crippen LogP contribution in [0.4, 0.5) is 0 Å². The minimum absolute atomic E-state index is 0.0735. The lowest BCUT2D eigenvalue weighted by Crippen LogP contribution is -2.36. The van der Waals surface area contributed by atoms with Gasteiger partial charge in [0.2, 0.25) is 0 Å². The van der Waals surface area contributed by atoms with Gasteiger partial charge in [0.05, 0.1) is 17.7 Å². The Hall–Kier alpha value is -1.96. The maximum Gasteiger partial charge on any atom is 0.295 e. The van der Waals surface area contributed by atoms with E-state index in [9.17, 15) is 14.7 Å². The first-order valence-corrected chi connectivity index (χ1v) is 10.8. The second-order valence-electron chi connectivity index (χ2n) is 7.07. The van der Waals surface area contributed by atoms with E-state index in [4.69, 9.17) is 4.74 Å². The van der Waals surface area contributed by atoms with Gasteiger partial charge in [-0.25, -0.2) is 0 Å². The molecule has 0 radical (unpaired) electrons. The predicted octanol–water partition coefficient (Wildman–Crippen LogP) is 4.42. The molecule has 146 valence electrons. The third-order valence-electron chi connectivity index (χ3n) is 5.21. The third-order valence-corrected chi connectivity index (χ3v) is 7.02. The third kappa shape index (κ3) is 3.43. The Morgan fingerprint density at radius 3 is 2.82 bits per heavy atom. The topological polar surface area (TPSA) is 66.8 Å². The Morgan fingerprint density at radius 1 is 1.36 bits per heavy atom. The molecule has 2 aliphatic rings. The molecule has 2 aliphatic heterocycles. The molecule has 2 aromatic rings. The summed E-state index contributed by atoms with van der Waals surface area (Å²) in [5.74, 6) is -1.36. The maximum absolute atomic E-state index is 12.9. The van der Waals surface area contributed by atoms with Gasteiger partial charge in [-0.2, -0.15) is 0 Å². The summed E-state index contributed by atoms with van der Waals surface area (Å²) < 4.78 is 6.60. The zero-order valence-corrected chi connectivity index (χ0v) is 17.8. The standard InChI is InChI=1S/C21H20BrNO4S/c1-12-10-13(6-7-15(12)22)19(24)17-18(16-5-3-9-28-16)23(21(26)20(17)25)11-14-4-2-8-27-14/h3,5-7,9-10,14,18,24H,2,4,8,11H2,1H3/b19-17-. The number of likely N-dealkylation sites (tertiary alicyclic amines) is 1. The number of ketones is 1. The summed E-state index contributed by atoms with van der Waals surface area (Å²) in [5.41, 5.74) is 1.61. The summed E-state index contributed by atoms with van der Waals surface area (Å²) in [5, 5.41) is 12.9. The summed E-state index contributed by atoms with van der Waals surface area (Å²) in [6, 6.07) is 8.56. The SMILES string of the molecule is Cc1cc(/C(O)=C2/C(=O)C(=O)N(CC3CCCO3)C2c2cccs2)ccc1Br. The average Bonchev–Trinajstić information content (AvgIpc) is 3.42. The van der Waals surface area contributed by atoms with Crippen LogP contribution in [-0.2, 0) is 14.3 Å². The van der Waals surface area contributed by atoms with Crippen molar-refractivity contribution < 1.29 is 19.4 Å². The highest BCUT2D eigenvalue weighted by Crippen LogP contribution is 2.41. The Morgan fingerprint density at radius 2 is 2.18 bits per heavy atom. The fraction of sp³-hybridized carbons (Fsp3) is 0.333. The molecule has 2 saturated heterocycles. The molecule has 5 nitrogen and oxygen atoms in total. The summed E-state index contributed by atoms with van der Waals surface area (Å²) in [6.07, 6.45) is 1.75. The number of benzene rings is 1. The number of rotatable bonds is 4. The van der Waals surface area contributed by atoms with Gasteiger partial charge in [0, 0.05) is 28.1 Å². The summed E-state index contributed by atoms with van der Waals surface area (Å²) in [6.45, 7) is 2.94. The molecule has 1 N–H and O–H groups in total. The largest absolute Gasteiger partial charge is 0.507 e. The van der Waals surface area contributed by atoms with E-state index in [1.165, 1.54) is 11.3 Å². The number of halogens is 1. The summed E-state index contributed by atoms with van der Waals surface area (Å²) >= 11 is 4.91. The van der Waals surface area contributed by atoms with Crippen molar-refractivity contribution in [1.82, 2.24) is 4.90 Å². The van der Waals surface area contributed by atoms with E-state index in [-0.39, 0.29) is 17.4 Å². The van der Waals surface area contributed by atoms with Crippen molar-refractivity contribution in [3.05, 3.63) is 61.8 Å². The number of aryl methyl sites for hydroxylation is 1. The van der Waals surface area contributed by atoms with Crippen molar-refractivity contribution in [2.24, 2.45) is 0 Å². The van der Waals surface area contributed by atoms with Crippen molar-refractivity contribution in [3.8, 4) is 0 Å². The van der Waals surface area contributed by atoms with Crippen molar-refractivity contribution in [2.75, 3.05) is 13.2 Å². The lowest BCUT2D eigenvalue weighted by Gasteiger charge is -2.26. The maximum atomic E-state index is 12.9. The molecule has 3 heterocycles. The van der Waals surface area contributed by atoms with Crippen LogP contribution in [0.3, 0.4) is 0 Å². The Labute approximate surface area is 175 Å². The fourth-order valence-corrected chi connectivity index (χ4v) is 4.86. The number of ether oxygens (including phenoxy) is 1. The molecule has 1 amide bonds. The van der Waals surface area contributed by atoms with Gasteiger partial charge in [-0.3, -0.25) is 9.59 Å². The van der Waals surface area contributed by atoms with Crippen LogP contribution in [0.5, 0.6) is 0 Å². The number of nitrogens with zero attached hydrogens (tertiary/aromatic N) is 1. The second kappa shape index (κ2) is 7.81. The highest BCUT2D eigenvalue weighted by Gasteiger charge is 2.47. The molecule has 2 unspecified atom stereocenters. The molecular formula is C21H20BrNO4S. The second-order valence-corrected chi connectivity index (χ2v) is 8.90. The monoisotopic (exact) mass is 461 g/mol. The first-order chi connectivity index (χ1) is 13.5. The highest BCUT2D eigenvalue weighted by atomic mass is 79.9. The van der Waals surface area contributed by atoms with Crippen LogP contribution in [0.1, 0.15) is 34.9 Å². The van der Waals surface area contributed by atoms with Gasteiger partial charge in [-0.05, 0) is 48.9 Å². The Kier molecular flexibility index (Phi) is 5.40.